The van der Waals surface area contributed by atoms with Crippen LogP contribution in [0.2, 0.25) is 0 Å². The highest BCUT2D eigenvalue weighted by molar-refractivity contribution is 5.88. The van der Waals surface area contributed by atoms with Crippen molar-refractivity contribution in [2.24, 2.45) is 17.6 Å². The predicted molar refractivity (Wildman–Crippen MR) is 80.1 cm³/mol. The molecule has 6 nitrogen and oxygen atoms in total. The predicted octanol–water partition coefficient (Wildman–Crippen LogP) is 0.983. The number of carboxylic acids is 1. The third-order valence-electron chi connectivity index (χ3n) is 5.64. The number of hydrogen-bond donors (Lipinski definition) is 2. The van der Waals surface area contributed by atoms with E-state index in [0.717, 1.165) is 32.1 Å². The summed E-state index contributed by atoms with van der Waals surface area (Å²) >= 11 is 0. The molecule has 0 aromatic rings. The Morgan fingerprint density at radius 3 is 2.64 bits per heavy atom. The molecule has 6 heteroatoms. The Morgan fingerprint density at radius 2 is 2.05 bits per heavy atom. The van der Waals surface area contributed by atoms with Crippen molar-refractivity contribution in [2.75, 3.05) is 6.54 Å². The Bertz CT molecular complexity index is 477. The molecule has 3 fully saturated rings. The summed E-state index contributed by atoms with van der Waals surface area (Å²) in [5, 5.41) is 9.53. The van der Waals surface area contributed by atoms with Crippen molar-refractivity contribution in [2.45, 2.75) is 69.7 Å². The lowest BCUT2D eigenvalue weighted by molar-refractivity contribution is -0.152. The molecule has 3 N–H and O–H groups in total. The van der Waals surface area contributed by atoms with Gasteiger partial charge in [0.25, 0.3) is 0 Å². The number of carbonyl (C=O) groups is 2. The Morgan fingerprint density at radius 1 is 1.36 bits per heavy atom. The highest BCUT2D eigenvalue weighted by Gasteiger charge is 2.51. The fraction of sp³-hybridized carbons (Fsp3) is 0.875. The van der Waals surface area contributed by atoms with Gasteiger partial charge < -0.3 is 20.5 Å². The molecular formula is C16H26N2O4. The van der Waals surface area contributed by atoms with Gasteiger partial charge in [0, 0.05) is 6.54 Å². The normalized spacial score (nSPS) is 35.0. The second kappa shape index (κ2) is 5.49. The van der Waals surface area contributed by atoms with Crippen LogP contribution in [0.3, 0.4) is 0 Å². The SMILES string of the molecule is C[C@@H](OC1(C)CC1)[C@H](N)C(=O)N1C[C@@H]2CCC[C@@H]2[C@H]1C(=O)O. The second-order valence-electron chi connectivity index (χ2n) is 7.43. The largest absolute Gasteiger partial charge is 0.480 e. The highest BCUT2D eigenvalue weighted by Crippen LogP contribution is 2.43. The molecule has 1 amide bonds. The molecule has 1 saturated heterocycles. The van der Waals surface area contributed by atoms with Crippen molar-refractivity contribution < 1.29 is 19.4 Å². The monoisotopic (exact) mass is 310 g/mol. The zero-order valence-corrected chi connectivity index (χ0v) is 13.3. The Hall–Kier alpha value is -1.14. The molecule has 3 aliphatic rings. The zero-order chi connectivity index (χ0) is 16.1. The van der Waals surface area contributed by atoms with E-state index >= 15 is 0 Å². The van der Waals surface area contributed by atoms with Gasteiger partial charge in [0.15, 0.2) is 0 Å². The number of nitrogens with two attached hydrogens (primary N) is 1. The molecule has 0 bridgehead atoms. The number of likely N-dealkylation sites (tertiary alicyclic amines) is 1. The minimum absolute atomic E-state index is 0.0887. The summed E-state index contributed by atoms with van der Waals surface area (Å²) in [6.45, 7) is 4.35. The van der Waals surface area contributed by atoms with Gasteiger partial charge in [-0.3, -0.25) is 4.79 Å². The van der Waals surface area contributed by atoms with Gasteiger partial charge >= 0.3 is 5.97 Å². The lowest BCUT2D eigenvalue weighted by atomic mass is 9.94. The number of amides is 1. The summed E-state index contributed by atoms with van der Waals surface area (Å²) in [6, 6.07) is -1.51. The Labute approximate surface area is 131 Å². The van der Waals surface area contributed by atoms with E-state index in [1.54, 1.807) is 6.92 Å². The van der Waals surface area contributed by atoms with Gasteiger partial charge in [-0.15, -0.1) is 0 Å². The molecule has 124 valence electrons. The van der Waals surface area contributed by atoms with Gasteiger partial charge in [0.05, 0.1) is 11.7 Å². The van der Waals surface area contributed by atoms with Crippen LogP contribution in [0.4, 0.5) is 0 Å². The standard InChI is InChI=1S/C16H26N2O4/c1-9(22-16(2)6-7-16)12(17)14(19)18-8-10-4-3-5-11(10)13(18)15(20)21/h9-13H,3-8,17H2,1-2H3,(H,20,21)/t9-,10+,11+,12+,13+/m1/s1. The molecule has 0 aromatic carbocycles. The minimum Gasteiger partial charge on any atom is -0.480 e. The molecule has 0 radical (unpaired) electrons. The van der Waals surface area contributed by atoms with E-state index in [9.17, 15) is 14.7 Å². The summed E-state index contributed by atoms with van der Waals surface area (Å²) in [4.78, 5) is 25.8. The first kappa shape index (κ1) is 15.7. The molecule has 2 aliphatic carbocycles. The molecule has 0 spiro atoms. The van der Waals surface area contributed by atoms with Crippen molar-refractivity contribution in [1.29, 1.82) is 0 Å². The van der Waals surface area contributed by atoms with E-state index in [2.05, 4.69) is 0 Å². The van der Waals surface area contributed by atoms with E-state index in [4.69, 9.17) is 10.5 Å². The molecule has 2 saturated carbocycles. The first-order valence-electron chi connectivity index (χ1n) is 8.29. The Kier molecular flexibility index (Phi) is 3.93. The third-order valence-corrected chi connectivity index (χ3v) is 5.64. The van der Waals surface area contributed by atoms with Gasteiger partial charge in [-0.25, -0.2) is 4.79 Å². The van der Waals surface area contributed by atoms with Crippen LogP contribution in [-0.2, 0) is 14.3 Å². The zero-order valence-electron chi connectivity index (χ0n) is 13.3. The summed E-state index contributed by atoms with van der Waals surface area (Å²) < 4.78 is 5.86. The number of fused-ring (bicyclic) bond motifs is 1. The number of aliphatic carboxylic acids is 1. The average molecular weight is 310 g/mol. The molecule has 5 atom stereocenters. The third kappa shape index (κ3) is 2.74. The van der Waals surface area contributed by atoms with Crippen LogP contribution in [0.25, 0.3) is 0 Å². The number of ether oxygens (including phenoxy) is 1. The maximum atomic E-state index is 12.7. The van der Waals surface area contributed by atoms with Gasteiger partial charge in [0.1, 0.15) is 12.1 Å². The van der Waals surface area contributed by atoms with Gasteiger partial charge in [-0.1, -0.05) is 6.42 Å². The summed E-state index contributed by atoms with van der Waals surface area (Å²) in [6.07, 6.45) is 4.55. The van der Waals surface area contributed by atoms with Crippen molar-refractivity contribution >= 4 is 11.9 Å². The van der Waals surface area contributed by atoms with Crippen LogP contribution >= 0.6 is 0 Å². The molecule has 22 heavy (non-hydrogen) atoms. The maximum absolute atomic E-state index is 12.7. The van der Waals surface area contributed by atoms with E-state index < -0.39 is 24.2 Å². The van der Waals surface area contributed by atoms with Crippen LogP contribution in [0.1, 0.15) is 46.0 Å². The molecular weight excluding hydrogens is 284 g/mol. The Balaban J connectivity index is 1.69. The minimum atomic E-state index is -0.905. The molecule has 3 rings (SSSR count). The molecule has 1 aliphatic heterocycles. The number of hydrogen-bond acceptors (Lipinski definition) is 4. The van der Waals surface area contributed by atoms with Crippen LogP contribution in [0, 0.1) is 11.8 Å². The maximum Gasteiger partial charge on any atom is 0.326 e. The van der Waals surface area contributed by atoms with Gasteiger partial charge in [-0.2, -0.15) is 0 Å². The fourth-order valence-corrected chi connectivity index (χ4v) is 4.06. The van der Waals surface area contributed by atoms with E-state index in [1.165, 1.54) is 4.90 Å². The van der Waals surface area contributed by atoms with Crippen LogP contribution in [0.5, 0.6) is 0 Å². The second-order valence-corrected chi connectivity index (χ2v) is 7.43. The summed E-state index contributed by atoms with van der Waals surface area (Å²) in [5.41, 5.74) is 5.93. The lowest BCUT2D eigenvalue weighted by Gasteiger charge is -2.30. The summed E-state index contributed by atoms with van der Waals surface area (Å²) in [5.74, 6) is -0.781. The van der Waals surface area contributed by atoms with Crippen LogP contribution < -0.4 is 5.73 Å². The summed E-state index contributed by atoms with van der Waals surface area (Å²) in [7, 11) is 0. The average Bonchev–Trinajstić information content (AvgIpc) is 2.88. The van der Waals surface area contributed by atoms with Crippen molar-refractivity contribution in [1.82, 2.24) is 4.90 Å². The quantitative estimate of drug-likeness (QED) is 0.789. The molecule has 0 unspecified atom stereocenters. The van der Waals surface area contributed by atoms with Crippen molar-refractivity contribution in [3.05, 3.63) is 0 Å². The number of carboxylic acid groups (broad SMARTS) is 1. The highest BCUT2D eigenvalue weighted by atomic mass is 16.5. The number of rotatable bonds is 5. The van der Waals surface area contributed by atoms with Gasteiger partial charge in [-0.05, 0) is 51.4 Å². The van der Waals surface area contributed by atoms with Crippen LogP contribution in [0.15, 0.2) is 0 Å². The first-order valence-corrected chi connectivity index (χ1v) is 8.29. The molecule has 0 aromatic heterocycles. The van der Waals surface area contributed by atoms with Crippen molar-refractivity contribution in [3.63, 3.8) is 0 Å². The fourth-order valence-electron chi connectivity index (χ4n) is 4.06. The number of carbonyl (C=O) groups excluding carboxylic acids is 1. The molecule has 1 heterocycles. The van der Waals surface area contributed by atoms with Gasteiger partial charge in [0.2, 0.25) is 5.91 Å². The topological polar surface area (TPSA) is 92.9 Å². The lowest BCUT2D eigenvalue weighted by Crippen LogP contribution is -2.54. The van der Waals surface area contributed by atoms with E-state index in [0.29, 0.717) is 12.5 Å². The van der Waals surface area contributed by atoms with E-state index in [-0.39, 0.29) is 17.4 Å². The number of nitrogens with zero attached hydrogens (tertiary/aromatic N) is 1. The van der Waals surface area contributed by atoms with Crippen molar-refractivity contribution in [3.8, 4) is 0 Å². The van der Waals surface area contributed by atoms with Crippen LogP contribution in [-0.4, -0.2) is 52.2 Å². The first-order chi connectivity index (χ1) is 10.3. The smallest absolute Gasteiger partial charge is 0.326 e. The van der Waals surface area contributed by atoms with E-state index in [1.807, 2.05) is 6.92 Å².